The van der Waals surface area contributed by atoms with Gasteiger partial charge in [0.1, 0.15) is 0 Å². The molecular weight excluding hydrogens is 285 g/mol. The average molecular weight is 310 g/mol. The van der Waals surface area contributed by atoms with E-state index in [4.69, 9.17) is 0 Å². The fraction of sp³-hybridized carbons (Fsp3) is 0.923. The van der Waals surface area contributed by atoms with Crippen LogP contribution in [-0.2, 0) is 4.79 Å². The van der Waals surface area contributed by atoms with E-state index in [-0.39, 0.29) is 30.2 Å². The maximum Gasteiger partial charge on any atom is 0.229 e. The molecule has 112 valence electrons. The highest BCUT2D eigenvalue weighted by atomic mass is 35.5. The predicted octanol–water partition coefficient (Wildman–Crippen LogP) is 1.14. The molecule has 1 aliphatic carbocycles. The quantitative estimate of drug-likeness (QED) is 0.831. The molecule has 0 aromatic heterocycles. The standard InChI is InChI=1S/C13H23N3O.2ClH/c1-13(4-5-14-10-13)12(17)16-8-6-15(7-9-16)11-2-3-11;;/h11,14H,2-10H2,1H3;2*1H. The number of rotatable bonds is 2. The van der Waals surface area contributed by atoms with Crippen LogP contribution >= 0.6 is 24.8 Å². The molecule has 3 rings (SSSR count). The lowest BCUT2D eigenvalue weighted by molar-refractivity contribution is -0.142. The van der Waals surface area contributed by atoms with E-state index in [1.807, 2.05) is 0 Å². The zero-order valence-corrected chi connectivity index (χ0v) is 13.2. The van der Waals surface area contributed by atoms with E-state index in [9.17, 15) is 4.79 Å². The number of nitrogens with zero attached hydrogens (tertiary/aromatic N) is 2. The van der Waals surface area contributed by atoms with E-state index in [0.717, 1.165) is 51.7 Å². The molecule has 1 unspecified atom stereocenters. The van der Waals surface area contributed by atoms with Crippen LogP contribution in [0.15, 0.2) is 0 Å². The van der Waals surface area contributed by atoms with Crippen LogP contribution in [0, 0.1) is 5.41 Å². The minimum Gasteiger partial charge on any atom is -0.340 e. The van der Waals surface area contributed by atoms with Crippen LogP contribution in [0.2, 0.25) is 0 Å². The summed E-state index contributed by atoms with van der Waals surface area (Å²) in [6.45, 7) is 8.00. The van der Waals surface area contributed by atoms with Crippen LogP contribution in [0.5, 0.6) is 0 Å². The van der Waals surface area contributed by atoms with Gasteiger partial charge in [0.05, 0.1) is 5.41 Å². The number of carbonyl (C=O) groups is 1. The smallest absolute Gasteiger partial charge is 0.229 e. The molecule has 3 aliphatic rings. The second-order valence-electron chi connectivity index (χ2n) is 6.05. The van der Waals surface area contributed by atoms with Gasteiger partial charge in [0, 0.05) is 38.8 Å². The minimum absolute atomic E-state index is 0. The summed E-state index contributed by atoms with van der Waals surface area (Å²) in [6, 6.07) is 0.844. The van der Waals surface area contributed by atoms with Crippen molar-refractivity contribution in [1.29, 1.82) is 0 Å². The van der Waals surface area contributed by atoms with Gasteiger partial charge >= 0.3 is 0 Å². The molecule has 0 aromatic carbocycles. The number of halogens is 2. The van der Waals surface area contributed by atoms with Crippen molar-refractivity contribution in [3.63, 3.8) is 0 Å². The minimum atomic E-state index is -0.137. The third-order valence-corrected chi connectivity index (χ3v) is 4.55. The van der Waals surface area contributed by atoms with Gasteiger partial charge in [-0.25, -0.2) is 0 Å². The number of carbonyl (C=O) groups excluding carboxylic acids is 1. The second-order valence-corrected chi connectivity index (χ2v) is 6.05. The van der Waals surface area contributed by atoms with E-state index in [1.165, 1.54) is 12.8 Å². The van der Waals surface area contributed by atoms with E-state index >= 15 is 0 Å². The van der Waals surface area contributed by atoms with Gasteiger partial charge in [-0.05, 0) is 32.7 Å². The summed E-state index contributed by atoms with van der Waals surface area (Å²) in [7, 11) is 0. The first-order valence-corrected chi connectivity index (χ1v) is 6.93. The Labute approximate surface area is 128 Å². The average Bonchev–Trinajstić information content (AvgIpc) is 3.11. The number of hydrogen-bond acceptors (Lipinski definition) is 3. The largest absolute Gasteiger partial charge is 0.340 e. The van der Waals surface area contributed by atoms with Crippen LogP contribution in [0.1, 0.15) is 26.2 Å². The molecule has 0 radical (unpaired) electrons. The lowest BCUT2D eigenvalue weighted by atomic mass is 9.88. The summed E-state index contributed by atoms with van der Waals surface area (Å²) < 4.78 is 0. The Morgan fingerprint density at radius 2 is 1.79 bits per heavy atom. The number of amides is 1. The van der Waals surface area contributed by atoms with Gasteiger partial charge in [-0.2, -0.15) is 0 Å². The summed E-state index contributed by atoms with van der Waals surface area (Å²) >= 11 is 0. The van der Waals surface area contributed by atoms with Gasteiger partial charge in [-0.1, -0.05) is 0 Å². The van der Waals surface area contributed by atoms with E-state index in [1.54, 1.807) is 0 Å². The Kier molecular flexibility index (Phi) is 5.93. The zero-order valence-electron chi connectivity index (χ0n) is 11.6. The summed E-state index contributed by atoms with van der Waals surface area (Å²) in [5, 5.41) is 3.31. The van der Waals surface area contributed by atoms with Gasteiger partial charge in [-0.3, -0.25) is 9.69 Å². The molecule has 1 saturated carbocycles. The van der Waals surface area contributed by atoms with E-state index < -0.39 is 0 Å². The Morgan fingerprint density at radius 3 is 2.26 bits per heavy atom. The third-order valence-electron chi connectivity index (χ3n) is 4.55. The highest BCUT2D eigenvalue weighted by Crippen LogP contribution is 2.30. The van der Waals surface area contributed by atoms with Gasteiger partial charge in [-0.15, -0.1) is 24.8 Å². The van der Waals surface area contributed by atoms with Crippen molar-refractivity contribution >= 4 is 30.7 Å². The highest BCUT2D eigenvalue weighted by Gasteiger charge is 2.41. The molecule has 0 bridgehead atoms. The van der Waals surface area contributed by atoms with E-state index in [2.05, 4.69) is 22.0 Å². The first-order chi connectivity index (χ1) is 8.19. The van der Waals surface area contributed by atoms with Crippen molar-refractivity contribution in [3.8, 4) is 0 Å². The van der Waals surface area contributed by atoms with Crippen molar-refractivity contribution in [3.05, 3.63) is 0 Å². The van der Waals surface area contributed by atoms with Crippen molar-refractivity contribution in [2.45, 2.75) is 32.2 Å². The summed E-state index contributed by atoms with van der Waals surface area (Å²) in [4.78, 5) is 17.1. The fourth-order valence-electron chi connectivity index (χ4n) is 3.11. The van der Waals surface area contributed by atoms with Crippen molar-refractivity contribution in [1.82, 2.24) is 15.1 Å². The Bertz CT molecular complexity index is 309. The molecule has 2 heterocycles. The van der Waals surface area contributed by atoms with Crippen LogP contribution in [0.3, 0.4) is 0 Å². The SMILES string of the molecule is CC1(C(=O)N2CCN(C3CC3)CC2)CCNC1.Cl.Cl. The molecular formula is C13H25Cl2N3O. The Balaban J connectivity index is 0.000000902. The van der Waals surface area contributed by atoms with Gasteiger partial charge in [0.25, 0.3) is 0 Å². The lowest BCUT2D eigenvalue weighted by Gasteiger charge is -2.38. The number of piperazine rings is 1. The Hall–Kier alpha value is -0.0300. The lowest BCUT2D eigenvalue weighted by Crippen LogP contribution is -2.53. The summed E-state index contributed by atoms with van der Waals surface area (Å²) in [5.74, 6) is 0.373. The van der Waals surface area contributed by atoms with Crippen LogP contribution in [-0.4, -0.2) is 61.0 Å². The van der Waals surface area contributed by atoms with Crippen LogP contribution in [0.4, 0.5) is 0 Å². The normalized spacial score (nSPS) is 31.5. The number of hydrogen-bond donors (Lipinski definition) is 1. The topological polar surface area (TPSA) is 35.6 Å². The molecule has 0 spiro atoms. The van der Waals surface area contributed by atoms with Gasteiger partial charge in [0.2, 0.25) is 5.91 Å². The molecule has 2 aliphatic heterocycles. The molecule has 1 atom stereocenters. The monoisotopic (exact) mass is 309 g/mol. The van der Waals surface area contributed by atoms with Crippen LogP contribution in [0.25, 0.3) is 0 Å². The summed E-state index contributed by atoms with van der Waals surface area (Å²) in [6.07, 6.45) is 3.74. The molecule has 1 N–H and O–H groups in total. The van der Waals surface area contributed by atoms with E-state index in [0.29, 0.717) is 5.91 Å². The molecule has 19 heavy (non-hydrogen) atoms. The van der Waals surface area contributed by atoms with Crippen LogP contribution < -0.4 is 5.32 Å². The third kappa shape index (κ3) is 3.54. The second kappa shape index (κ2) is 6.61. The molecule has 0 aromatic rings. The highest BCUT2D eigenvalue weighted by molar-refractivity contribution is 5.85. The van der Waals surface area contributed by atoms with Crippen molar-refractivity contribution in [2.24, 2.45) is 5.41 Å². The molecule has 2 saturated heterocycles. The Morgan fingerprint density at radius 1 is 1.16 bits per heavy atom. The van der Waals surface area contributed by atoms with Gasteiger partial charge in [0.15, 0.2) is 0 Å². The first kappa shape index (κ1) is 17.0. The summed E-state index contributed by atoms with van der Waals surface area (Å²) in [5.41, 5.74) is -0.137. The molecule has 4 nitrogen and oxygen atoms in total. The fourth-order valence-corrected chi connectivity index (χ4v) is 3.11. The number of nitrogens with one attached hydrogen (secondary N) is 1. The van der Waals surface area contributed by atoms with Crippen molar-refractivity contribution in [2.75, 3.05) is 39.3 Å². The van der Waals surface area contributed by atoms with Gasteiger partial charge < -0.3 is 10.2 Å². The molecule has 6 heteroatoms. The molecule has 1 amide bonds. The maximum absolute atomic E-state index is 12.5. The maximum atomic E-state index is 12.5. The van der Waals surface area contributed by atoms with Crippen molar-refractivity contribution < 1.29 is 4.79 Å². The predicted molar refractivity (Wildman–Crippen MR) is 81.3 cm³/mol. The zero-order chi connectivity index (χ0) is 11.9. The first-order valence-electron chi connectivity index (χ1n) is 6.93. The molecule has 3 fully saturated rings.